The Morgan fingerprint density at radius 3 is 2.89 bits per heavy atom. The average Bonchev–Trinajstić information content (AvgIpc) is 3.22. The third kappa shape index (κ3) is 3.95. The Morgan fingerprint density at radius 1 is 1.25 bits per heavy atom. The van der Waals surface area contributed by atoms with E-state index in [1.54, 1.807) is 19.2 Å². The molecule has 1 aliphatic heterocycles. The molecule has 0 radical (unpaired) electrons. The fourth-order valence-electron chi connectivity index (χ4n) is 3.11. The van der Waals surface area contributed by atoms with E-state index in [0.717, 1.165) is 24.8 Å². The lowest BCUT2D eigenvalue weighted by atomic mass is 10.2. The van der Waals surface area contributed by atoms with Crippen LogP contribution in [0, 0.1) is 5.82 Å². The molecule has 0 aliphatic carbocycles. The molecule has 1 unspecified atom stereocenters. The summed E-state index contributed by atoms with van der Waals surface area (Å²) in [5.74, 6) is 1.24. The Bertz CT molecular complexity index is 996. The first kappa shape index (κ1) is 18.7. The minimum Gasteiger partial charge on any atom is -0.493 e. The molecule has 0 saturated carbocycles. The van der Waals surface area contributed by atoms with E-state index in [2.05, 4.69) is 15.3 Å². The molecular formula is C20H19ClFN3O3. The topological polar surface area (TPSA) is 65.5 Å². The van der Waals surface area contributed by atoms with Gasteiger partial charge >= 0.3 is 0 Å². The van der Waals surface area contributed by atoms with Crippen molar-refractivity contribution in [2.24, 2.45) is 0 Å². The number of hydrogen-bond donors (Lipinski definition) is 1. The van der Waals surface area contributed by atoms with Crippen LogP contribution in [0.2, 0.25) is 5.02 Å². The maximum atomic E-state index is 13.4. The molecule has 1 saturated heterocycles. The lowest BCUT2D eigenvalue weighted by Crippen LogP contribution is -2.16. The van der Waals surface area contributed by atoms with E-state index in [-0.39, 0.29) is 11.1 Å². The van der Waals surface area contributed by atoms with Crippen LogP contribution in [0.1, 0.15) is 12.8 Å². The number of nitrogens with one attached hydrogen (secondary N) is 1. The monoisotopic (exact) mass is 403 g/mol. The third-order valence-electron chi connectivity index (χ3n) is 4.55. The second-order valence-electron chi connectivity index (χ2n) is 6.44. The molecular weight excluding hydrogens is 385 g/mol. The summed E-state index contributed by atoms with van der Waals surface area (Å²) in [6, 6.07) is 8.02. The second kappa shape index (κ2) is 8.16. The van der Waals surface area contributed by atoms with Gasteiger partial charge in [-0.15, -0.1) is 0 Å². The van der Waals surface area contributed by atoms with Crippen molar-refractivity contribution in [2.45, 2.75) is 18.9 Å². The number of ether oxygens (including phenoxy) is 3. The van der Waals surface area contributed by atoms with Crippen LogP contribution in [0.3, 0.4) is 0 Å². The molecule has 1 aliphatic rings. The number of nitrogens with zero attached hydrogens (tertiary/aromatic N) is 2. The third-order valence-corrected chi connectivity index (χ3v) is 4.84. The molecule has 6 nitrogen and oxygen atoms in total. The van der Waals surface area contributed by atoms with E-state index < -0.39 is 5.82 Å². The van der Waals surface area contributed by atoms with Crippen molar-refractivity contribution in [1.82, 2.24) is 9.97 Å². The zero-order valence-electron chi connectivity index (χ0n) is 15.2. The summed E-state index contributed by atoms with van der Waals surface area (Å²) >= 11 is 5.87. The number of rotatable bonds is 6. The molecule has 1 aromatic heterocycles. The zero-order valence-corrected chi connectivity index (χ0v) is 16.0. The minimum atomic E-state index is -0.477. The molecule has 0 spiro atoms. The molecule has 1 atom stereocenters. The molecule has 2 aromatic carbocycles. The smallest absolute Gasteiger partial charge is 0.162 e. The van der Waals surface area contributed by atoms with Gasteiger partial charge in [-0.05, 0) is 37.1 Å². The van der Waals surface area contributed by atoms with Crippen molar-refractivity contribution < 1.29 is 18.6 Å². The number of halogens is 2. The van der Waals surface area contributed by atoms with Gasteiger partial charge in [-0.1, -0.05) is 11.6 Å². The van der Waals surface area contributed by atoms with Gasteiger partial charge in [0.1, 0.15) is 24.6 Å². The van der Waals surface area contributed by atoms with E-state index in [9.17, 15) is 4.39 Å². The van der Waals surface area contributed by atoms with Gasteiger partial charge in [0, 0.05) is 23.7 Å². The van der Waals surface area contributed by atoms with Gasteiger partial charge in [0.15, 0.2) is 11.5 Å². The van der Waals surface area contributed by atoms with Crippen molar-refractivity contribution in [3.63, 3.8) is 0 Å². The van der Waals surface area contributed by atoms with Crippen molar-refractivity contribution in [2.75, 3.05) is 25.6 Å². The van der Waals surface area contributed by atoms with E-state index in [0.29, 0.717) is 35.1 Å². The van der Waals surface area contributed by atoms with Gasteiger partial charge < -0.3 is 19.5 Å². The quantitative estimate of drug-likeness (QED) is 0.641. The summed E-state index contributed by atoms with van der Waals surface area (Å²) in [5, 5.41) is 3.93. The molecule has 1 fully saturated rings. The van der Waals surface area contributed by atoms with Gasteiger partial charge in [0.05, 0.1) is 23.8 Å². The summed E-state index contributed by atoms with van der Waals surface area (Å²) < 4.78 is 30.4. The second-order valence-corrected chi connectivity index (χ2v) is 6.85. The fraction of sp³-hybridized carbons (Fsp3) is 0.300. The standard InChI is InChI=1S/C20H19ClFN3O3/c1-26-18-9-17-14(8-19(18)28-10-13-3-2-6-27-13)20(24-11-23-17)25-12-4-5-16(22)15(21)7-12/h4-5,7-9,11,13H,2-3,6,10H2,1H3,(H,23,24,25). The van der Waals surface area contributed by atoms with E-state index in [1.807, 2.05) is 6.07 Å². The number of benzene rings is 2. The fourth-order valence-corrected chi connectivity index (χ4v) is 3.29. The Kier molecular flexibility index (Phi) is 5.45. The van der Waals surface area contributed by atoms with E-state index in [4.69, 9.17) is 25.8 Å². The molecule has 3 aromatic rings. The van der Waals surface area contributed by atoms with Crippen LogP contribution < -0.4 is 14.8 Å². The Labute approximate surface area is 166 Å². The highest BCUT2D eigenvalue weighted by atomic mass is 35.5. The van der Waals surface area contributed by atoms with Crippen molar-refractivity contribution >= 4 is 34.0 Å². The first-order chi connectivity index (χ1) is 13.6. The van der Waals surface area contributed by atoms with Crippen LogP contribution in [0.4, 0.5) is 15.9 Å². The number of hydrogen-bond acceptors (Lipinski definition) is 6. The zero-order chi connectivity index (χ0) is 19.5. The molecule has 2 heterocycles. The van der Waals surface area contributed by atoms with E-state index >= 15 is 0 Å². The van der Waals surface area contributed by atoms with E-state index in [1.165, 1.54) is 18.5 Å². The molecule has 4 rings (SSSR count). The number of aromatic nitrogens is 2. The van der Waals surface area contributed by atoms with Crippen molar-refractivity contribution in [3.8, 4) is 11.5 Å². The van der Waals surface area contributed by atoms with Gasteiger partial charge in [-0.3, -0.25) is 0 Å². The normalized spacial score (nSPS) is 16.3. The molecule has 8 heteroatoms. The van der Waals surface area contributed by atoms with Crippen molar-refractivity contribution in [3.05, 3.63) is 47.5 Å². The highest BCUT2D eigenvalue weighted by Crippen LogP contribution is 2.35. The summed E-state index contributed by atoms with van der Waals surface area (Å²) in [6.07, 6.45) is 3.57. The summed E-state index contributed by atoms with van der Waals surface area (Å²) in [6.45, 7) is 1.22. The SMILES string of the molecule is COc1cc2ncnc(Nc3ccc(F)c(Cl)c3)c2cc1OCC1CCCO1. The number of anilines is 2. The minimum absolute atomic E-state index is 0.0330. The summed E-state index contributed by atoms with van der Waals surface area (Å²) in [4.78, 5) is 8.61. The van der Waals surface area contributed by atoms with Crippen molar-refractivity contribution in [1.29, 1.82) is 0 Å². The highest BCUT2D eigenvalue weighted by molar-refractivity contribution is 6.31. The maximum absolute atomic E-state index is 13.4. The molecule has 28 heavy (non-hydrogen) atoms. The van der Waals surface area contributed by atoms with Gasteiger partial charge in [-0.2, -0.15) is 0 Å². The van der Waals surface area contributed by atoms with Crippen LogP contribution in [0.5, 0.6) is 11.5 Å². The van der Waals surface area contributed by atoms with Crippen LogP contribution in [0.15, 0.2) is 36.7 Å². The molecule has 0 bridgehead atoms. The van der Waals surface area contributed by atoms with Crippen LogP contribution in [-0.4, -0.2) is 36.4 Å². The molecule has 0 amide bonds. The van der Waals surface area contributed by atoms with Crippen LogP contribution in [0.25, 0.3) is 10.9 Å². The largest absolute Gasteiger partial charge is 0.493 e. The van der Waals surface area contributed by atoms with Gasteiger partial charge in [-0.25, -0.2) is 14.4 Å². The Hall–Kier alpha value is -2.64. The summed E-state index contributed by atoms with van der Waals surface area (Å²) in [7, 11) is 1.58. The lowest BCUT2D eigenvalue weighted by Gasteiger charge is -2.16. The highest BCUT2D eigenvalue weighted by Gasteiger charge is 2.18. The van der Waals surface area contributed by atoms with Gasteiger partial charge in [0.25, 0.3) is 0 Å². The first-order valence-corrected chi connectivity index (χ1v) is 9.31. The number of fused-ring (bicyclic) bond motifs is 1. The molecule has 1 N–H and O–H groups in total. The summed E-state index contributed by atoms with van der Waals surface area (Å²) in [5.41, 5.74) is 1.30. The predicted molar refractivity (Wildman–Crippen MR) is 105 cm³/mol. The van der Waals surface area contributed by atoms with Crippen LogP contribution in [-0.2, 0) is 4.74 Å². The lowest BCUT2D eigenvalue weighted by molar-refractivity contribution is 0.0670. The van der Waals surface area contributed by atoms with Crippen LogP contribution >= 0.6 is 11.6 Å². The van der Waals surface area contributed by atoms with Gasteiger partial charge in [0.2, 0.25) is 0 Å². The predicted octanol–water partition coefficient (Wildman–Crippen LogP) is 4.73. The Balaban J connectivity index is 1.66. The molecule has 146 valence electrons. The Morgan fingerprint density at radius 2 is 2.14 bits per heavy atom. The maximum Gasteiger partial charge on any atom is 0.162 e. The number of methoxy groups -OCH3 is 1. The average molecular weight is 404 g/mol. The first-order valence-electron chi connectivity index (χ1n) is 8.93.